The van der Waals surface area contributed by atoms with E-state index in [4.69, 9.17) is 4.74 Å². The third-order valence-electron chi connectivity index (χ3n) is 4.81. The van der Waals surface area contributed by atoms with Crippen LogP contribution in [0.15, 0.2) is 4.99 Å². The molecule has 0 radical (unpaired) electrons. The molecule has 1 heterocycles. The average Bonchev–Trinajstić information content (AvgIpc) is 2.82. The number of hydrogen-bond donors (Lipinski definition) is 2. The Morgan fingerprint density at radius 2 is 2.08 bits per heavy atom. The number of thiazole rings is 1. The number of guanidine groups is 1. The van der Waals surface area contributed by atoms with Crippen LogP contribution in [-0.2, 0) is 11.2 Å². The highest BCUT2D eigenvalue weighted by molar-refractivity contribution is 14.0. The van der Waals surface area contributed by atoms with E-state index in [-0.39, 0.29) is 24.0 Å². The number of nitrogens with one attached hydrogen (secondary N) is 2. The minimum Gasteiger partial charge on any atom is -0.385 e. The molecule has 1 aliphatic rings. The van der Waals surface area contributed by atoms with E-state index in [1.807, 2.05) is 7.05 Å². The highest BCUT2D eigenvalue weighted by Crippen LogP contribution is 2.43. The van der Waals surface area contributed by atoms with Gasteiger partial charge in [0.1, 0.15) is 0 Å². The zero-order valence-electron chi connectivity index (χ0n) is 15.3. The molecule has 7 heteroatoms. The summed E-state index contributed by atoms with van der Waals surface area (Å²) in [6.45, 7) is 6.88. The number of rotatable bonds is 8. The van der Waals surface area contributed by atoms with Crippen molar-refractivity contribution < 1.29 is 4.74 Å². The Morgan fingerprint density at radius 1 is 1.33 bits per heavy atom. The van der Waals surface area contributed by atoms with Crippen molar-refractivity contribution in [2.45, 2.75) is 46.0 Å². The van der Waals surface area contributed by atoms with Crippen molar-refractivity contribution in [3.63, 3.8) is 0 Å². The Morgan fingerprint density at radius 3 is 2.58 bits per heavy atom. The molecule has 0 aromatic carbocycles. The molecule has 0 amide bonds. The smallest absolute Gasteiger partial charge is 0.191 e. The van der Waals surface area contributed by atoms with Crippen LogP contribution in [0.5, 0.6) is 0 Å². The van der Waals surface area contributed by atoms with Gasteiger partial charge in [-0.1, -0.05) is 6.42 Å². The van der Waals surface area contributed by atoms with E-state index in [0.717, 1.165) is 44.2 Å². The number of halogens is 1. The second kappa shape index (κ2) is 10.6. The van der Waals surface area contributed by atoms with Gasteiger partial charge >= 0.3 is 0 Å². The molecule has 24 heavy (non-hydrogen) atoms. The fourth-order valence-corrected chi connectivity index (χ4v) is 3.87. The van der Waals surface area contributed by atoms with Crippen LogP contribution in [0.2, 0.25) is 0 Å². The van der Waals surface area contributed by atoms with Gasteiger partial charge in [0.15, 0.2) is 5.96 Å². The van der Waals surface area contributed by atoms with Crippen LogP contribution in [0.1, 0.15) is 41.3 Å². The number of aryl methyl sites for hydroxylation is 2. The third kappa shape index (κ3) is 6.15. The Balaban J connectivity index is 0.00000288. The van der Waals surface area contributed by atoms with E-state index < -0.39 is 0 Å². The number of ether oxygens (including phenoxy) is 1. The Hall–Kier alpha value is -0.410. The quantitative estimate of drug-likeness (QED) is 0.351. The first kappa shape index (κ1) is 21.6. The minimum atomic E-state index is 0. The summed E-state index contributed by atoms with van der Waals surface area (Å²) in [5.74, 6) is 0.888. The van der Waals surface area contributed by atoms with Crippen molar-refractivity contribution in [2.24, 2.45) is 10.4 Å². The average molecular weight is 466 g/mol. The summed E-state index contributed by atoms with van der Waals surface area (Å²) in [7, 11) is 3.61. The summed E-state index contributed by atoms with van der Waals surface area (Å²) in [5, 5.41) is 8.08. The number of hydrogen-bond acceptors (Lipinski definition) is 4. The SMILES string of the molecule is CN=C(NCCc1nc(C)c(C)s1)NCC1(CCOC)CCC1.I. The van der Waals surface area contributed by atoms with Crippen LogP contribution >= 0.6 is 35.3 Å². The first-order valence-corrected chi connectivity index (χ1v) is 9.26. The van der Waals surface area contributed by atoms with E-state index in [2.05, 4.69) is 34.5 Å². The van der Waals surface area contributed by atoms with Gasteiger partial charge in [-0.15, -0.1) is 35.3 Å². The van der Waals surface area contributed by atoms with Gasteiger partial charge in [0, 0.05) is 45.2 Å². The molecule has 0 atom stereocenters. The largest absolute Gasteiger partial charge is 0.385 e. The first-order valence-electron chi connectivity index (χ1n) is 8.45. The predicted octanol–water partition coefficient (Wildman–Crippen LogP) is 3.29. The zero-order valence-corrected chi connectivity index (χ0v) is 18.4. The van der Waals surface area contributed by atoms with Gasteiger partial charge in [-0.3, -0.25) is 4.99 Å². The maximum absolute atomic E-state index is 5.25. The number of nitrogens with zero attached hydrogens (tertiary/aromatic N) is 2. The Bertz CT molecular complexity index is 509. The maximum atomic E-state index is 5.25. The highest BCUT2D eigenvalue weighted by Gasteiger charge is 2.36. The minimum absolute atomic E-state index is 0. The standard InChI is InChI=1S/C17H30N4OS.HI/c1-13-14(2)23-15(21-13)6-10-19-16(18-3)20-12-17(7-5-8-17)9-11-22-4;/h5-12H2,1-4H3,(H2,18,19,20);1H. The van der Waals surface area contributed by atoms with Gasteiger partial charge in [0.2, 0.25) is 0 Å². The van der Waals surface area contributed by atoms with Crippen molar-refractivity contribution >= 4 is 41.3 Å². The molecule has 1 aliphatic carbocycles. The lowest BCUT2D eigenvalue weighted by molar-refractivity contribution is 0.0732. The number of aromatic nitrogens is 1. The molecule has 1 aromatic rings. The highest BCUT2D eigenvalue weighted by atomic mass is 127. The Kier molecular flexibility index (Phi) is 9.51. The number of methoxy groups -OCH3 is 1. The fourth-order valence-electron chi connectivity index (χ4n) is 2.94. The third-order valence-corrected chi connectivity index (χ3v) is 5.94. The molecular weight excluding hydrogens is 435 g/mol. The maximum Gasteiger partial charge on any atom is 0.191 e. The van der Waals surface area contributed by atoms with Crippen LogP contribution in [0.3, 0.4) is 0 Å². The van der Waals surface area contributed by atoms with Gasteiger partial charge in [-0.2, -0.15) is 0 Å². The second-order valence-electron chi connectivity index (χ2n) is 6.45. The van der Waals surface area contributed by atoms with E-state index in [1.165, 1.54) is 29.1 Å². The molecule has 0 saturated heterocycles. The predicted molar refractivity (Wildman–Crippen MR) is 113 cm³/mol. The molecule has 2 rings (SSSR count). The molecule has 0 unspecified atom stereocenters. The van der Waals surface area contributed by atoms with Crippen LogP contribution in [0, 0.1) is 19.3 Å². The van der Waals surface area contributed by atoms with Crippen LogP contribution in [0.4, 0.5) is 0 Å². The van der Waals surface area contributed by atoms with Crippen molar-refractivity contribution in [2.75, 3.05) is 33.9 Å². The summed E-state index contributed by atoms with van der Waals surface area (Å²) in [4.78, 5) is 10.2. The molecule has 1 aromatic heterocycles. The van der Waals surface area contributed by atoms with E-state index >= 15 is 0 Å². The van der Waals surface area contributed by atoms with Crippen LogP contribution < -0.4 is 10.6 Å². The van der Waals surface area contributed by atoms with Crippen LogP contribution in [-0.4, -0.2) is 44.8 Å². The number of aliphatic imine (C=N–C) groups is 1. The van der Waals surface area contributed by atoms with Gasteiger partial charge in [-0.05, 0) is 38.5 Å². The summed E-state index contributed by atoms with van der Waals surface area (Å²) >= 11 is 1.79. The summed E-state index contributed by atoms with van der Waals surface area (Å²) in [6, 6.07) is 0. The molecule has 5 nitrogen and oxygen atoms in total. The lowest BCUT2D eigenvalue weighted by Crippen LogP contribution is -2.47. The summed E-state index contributed by atoms with van der Waals surface area (Å²) < 4.78 is 5.25. The monoisotopic (exact) mass is 466 g/mol. The van der Waals surface area contributed by atoms with Crippen molar-refractivity contribution in [3.05, 3.63) is 15.6 Å². The molecule has 2 N–H and O–H groups in total. The van der Waals surface area contributed by atoms with Gasteiger partial charge in [-0.25, -0.2) is 4.98 Å². The van der Waals surface area contributed by atoms with Gasteiger partial charge in [0.05, 0.1) is 10.7 Å². The normalized spacial score (nSPS) is 16.2. The molecule has 0 spiro atoms. The molecule has 0 aliphatic heterocycles. The lowest BCUT2D eigenvalue weighted by atomic mass is 9.67. The molecule has 0 bridgehead atoms. The molecule has 1 saturated carbocycles. The van der Waals surface area contributed by atoms with Crippen molar-refractivity contribution in [1.29, 1.82) is 0 Å². The molecule has 138 valence electrons. The fraction of sp³-hybridized carbons (Fsp3) is 0.765. The second-order valence-corrected chi connectivity index (χ2v) is 7.74. The van der Waals surface area contributed by atoms with E-state index in [9.17, 15) is 0 Å². The molecular formula is C17H31IN4OS. The summed E-state index contributed by atoms with van der Waals surface area (Å²) in [6.07, 6.45) is 5.98. The first-order chi connectivity index (χ1) is 11.1. The lowest BCUT2D eigenvalue weighted by Gasteiger charge is -2.42. The van der Waals surface area contributed by atoms with E-state index in [1.54, 1.807) is 18.4 Å². The Labute approximate surface area is 167 Å². The van der Waals surface area contributed by atoms with Crippen LogP contribution in [0.25, 0.3) is 0 Å². The zero-order chi connectivity index (χ0) is 16.7. The van der Waals surface area contributed by atoms with Crippen molar-refractivity contribution in [1.82, 2.24) is 15.6 Å². The summed E-state index contributed by atoms with van der Waals surface area (Å²) in [5.41, 5.74) is 1.55. The van der Waals surface area contributed by atoms with E-state index in [0.29, 0.717) is 5.41 Å². The van der Waals surface area contributed by atoms with Gasteiger partial charge in [0.25, 0.3) is 0 Å². The van der Waals surface area contributed by atoms with Gasteiger partial charge < -0.3 is 15.4 Å². The van der Waals surface area contributed by atoms with Crippen molar-refractivity contribution in [3.8, 4) is 0 Å². The topological polar surface area (TPSA) is 58.5 Å². The molecule has 1 fully saturated rings.